The first-order valence-corrected chi connectivity index (χ1v) is 7.33. The van der Waals surface area contributed by atoms with E-state index < -0.39 is 17.9 Å². The van der Waals surface area contributed by atoms with E-state index in [0.717, 1.165) is 5.56 Å². The van der Waals surface area contributed by atoms with Gasteiger partial charge in [-0.1, -0.05) is 17.7 Å². The fraction of sp³-hybridized carbons (Fsp3) is 0.467. The van der Waals surface area contributed by atoms with E-state index in [1.54, 1.807) is 18.2 Å². The molecule has 0 saturated heterocycles. The molecule has 8 heteroatoms. The van der Waals surface area contributed by atoms with Crippen molar-refractivity contribution in [1.29, 1.82) is 0 Å². The van der Waals surface area contributed by atoms with E-state index >= 15 is 0 Å². The standard InChI is InChI=1S/C15H21ClN2O5/c1-21-5-6-23-9-14(19)18-12(15(17)20)8-10-3-4-13(22-2)11(16)7-10/h3-4,7,12H,5-6,8-9H2,1-2H3,(H2,17,20)(H,18,19)/t12-/m1/s1. The average molecular weight is 345 g/mol. The van der Waals surface area contributed by atoms with Crippen molar-refractivity contribution in [2.45, 2.75) is 12.5 Å². The lowest BCUT2D eigenvalue weighted by Crippen LogP contribution is -2.47. The maximum Gasteiger partial charge on any atom is 0.246 e. The topological polar surface area (TPSA) is 99.9 Å². The highest BCUT2D eigenvalue weighted by atomic mass is 35.5. The molecule has 2 amide bonds. The summed E-state index contributed by atoms with van der Waals surface area (Å²) in [6, 6.07) is 4.25. The lowest BCUT2D eigenvalue weighted by Gasteiger charge is -2.16. The monoisotopic (exact) mass is 344 g/mol. The Morgan fingerprint density at radius 2 is 2.04 bits per heavy atom. The van der Waals surface area contributed by atoms with Gasteiger partial charge in [-0.05, 0) is 17.7 Å². The van der Waals surface area contributed by atoms with E-state index in [2.05, 4.69) is 5.32 Å². The molecule has 1 aromatic carbocycles. The van der Waals surface area contributed by atoms with Crippen LogP contribution in [0, 0.1) is 0 Å². The van der Waals surface area contributed by atoms with Crippen LogP contribution >= 0.6 is 11.6 Å². The summed E-state index contributed by atoms with van der Waals surface area (Å²) in [6.45, 7) is 0.507. The van der Waals surface area contributed by atoms with E-state index in [4.69, 9.17) is 31.5 Å². The summed E-state index contributed by atoms with van der Waals surface area (Å²) in [5.74, 6) is -0.534. The van der Waals surface area contributed by atoms with Gasteiger partial charge in [0.15, 0.2) is 0 Å². The fourth-order valence-electron chi connectivity index (χ4n) is 1.84. The molecule has 23 heavy (non-hydrogen) atoms. The molecule has 0 aromatic heterocycles. The van der Waals surface area contributed by atoms with E-state index in [-0.39, 0.29) is 13.0 Å². The van der Waals surface area contributed by atoms with Gasteiger partial charge < -0.3 is 25.3 Å². The summed E-state index contributed by atoms with van der Waals surface area (Å²) < 4.78 is 14.9. The number of carbonyl (C=O) groups is 2. The molecule has 3 N–H and O–H groups in total. The van der Waals surface area contributed by atoms with Crippen molar-refractivity contribution in [3.63, 3.8) is 0 Å². The second kappa shape index (κ2) is 10.0. The van der Waals surface area contributed by atoms with Crippen molar-refractivity contribution in [3.05, 3.63) is 28.8 Å². The molecule has 0 bridgehead atoms. The van der Waals surface area contributed by atoms with E-state index in [1.807, 2.05) is 0 Å². The molecule has 0 aliphatic carbocycles. The van der Waals surface area contributed by atoms with Gasteiger partial charge in [0, 0.05) is 13.5 Å². The van der Waals surface area contributed by atoms with Crippen molar-refractivity contribution in [3.8, 4) is 5.75 Å². The SMILES string of the molecule is COCCOCC(=O)N[C@H](Cc1ccc(OC)c(Cl)c1)C(N)=O. The second-order valence-corrected chi connectivity index (χ2v) is 5.15. The van der Waals surface area contributed by atoms with Gasteiger partial charge in [-0.2, -0.15) is 0 Å². The van der Waals surface area contributed by atoms with Gasteiger partial charge in [0.25, 0.3) is 0 Å². The number of nitrogens with two attached hydrogens (primary N) is 1. The zero-order valence-corrected chi connectivity index (χ0v) is 13.9. The predicted octanol–water partition coefficient (Wildman–Crippen LogP) is 0.524. The summed E-state index contributed by atoms with van der Waals surface area (Å²) in [5, 5.41) is 2.96. The van der Waals surface area contributed by atoms with Gasteiger partial charge in [-0.15, -0.1) is 0 Å². The lowest BCUT2D eigenvalue weighted by molar-refractivity contribution is -0.130. The number of benzene rings is 1. The molecule has 1 rings (SSSR count). The largest absolute Gasteiger partial charge is 0.495 e. The Bertz CT molecular complexity index is 539. The van der Waals surface area contributed by atoms with Gasteiger partial charge in [-0.3, -0.25) is 9.59 Å². The molecular formula is C15H21ClN2O5. The van der Waals surface area contributed by atoms with Crippen LogP contribution in [0.5, 0.6) is 5.75 Å². The summed E-state index contributed by atoms with van der Waals surface area (Å²) in [5.41, 5.74) is 6.08. The second-order valence-electron chi connectivity index (χ2n) is 4.74. The molecule has 0 fully saturated rings. The van der Waals surface area contributed by atoms with Crippen LogP contribution in [-0.2, 0) is 25.5 Å². The molecule has 0 saturated carbocycles. The van der Waals surface area contributed by atoms with E-state index in [1.165, 1.54) is 14.2 Å². The highest BCUT2D eigenvalue weighted by molar-refractivity contribution is 6.32. The first-order chi connectivity index (χ1) is 11.0. The van der Waals surface area contributed by atoms with E-state index in [0.29, 0.717) is 24.0 Å². The molecule has 1 aromatic rings. The van der Waals surface area contributed by atoms with Gasteiger partial charge >= 0.3 is 0 Å². The number of ether oxygens (including phenoxy) is 3. The molecule has 7 nitrogen and oxygen atoms in total. The summed E-state index contributed by atoms with van der Waals surface area (Å²) >= 11 is 6.04. The van der Waals surface area contributed by atoms with Crippen molar-refractivity contribution in [2.24, 2.45) is 5.73 Å². The van der Waals surface area contributed by atoms with Crippen LogP contribution in [0.25, 0.3) is 0 Å². The molecule has 128 valence electrons. The third-order valence-corrected chi connectivity index (χ3v) is 3.30. The summed E-state index contributed by atoms with van der Waals surface area (Å²) in [4.78, 5) is 23.3. The lowest BCUT2D eigenvalue weighted by atomic mass is 10.1. The highest BCUT2D eigenvalue weighted by Crippen LogP contribution is 2.25. The minimum Gasteiger partial charge on any atom is -0.495 e. The first-order valence-electron chi connectivity index (χ1n) is 6.95. The van der Waals surface area contributed by atoms with Crippen molar-refractivity contribution in [1.82, 2.24) is 5.32 Å². The molecule has 0 spiro atoms. The number of hydrogen-bond donors (Lipinski definition) is 2. The Balaban J connectivity index is 2.60. The maximum absolute atomic E-state index is 11.7. The van der Waals surface area contributed by atoms with Crippen LogP contribution in [0.3, 0.4) is 0 Å². The predicted molar refractivity (Wildman–Crippen MR) is 85.5 cm³/mol. The van der Waals surface area contributed by atoms with Crippen molar-refractivity contribution >= 4 is 23.4 Å². The summed E-state index contributed by atoms with van der Waals surface area (Å²) in [7, 11) is 3.05. The quantitative estimate of drug-likeness (QED) is 0.603. The van der Waals surface area contributed by atoms with Gasteiger partial charge in [0.1, 0.15) is 18.4 Å². The third kappa shape index (κ3) is 6.85. The minimum atomic E-state index is -0.849. The highest BCUT2D eigenvalue weighted by Gasteiger charge is 2.19. The first kappa shape index (κ1) is 19.2. The van der Waals surface area contributed by atoms with Crippen molar-refractivity contribution in [2.75, 3.05) is 34.0 Å². The number of nitrogens with one attached hydrogen (secondary N) is 1. The fourth-order valence-corrected chi connectivity index (χ4v) is 2.12. The molecule has 1 atom stereocenters. The number of carbonyl (C=O) groups excluding carboxylic acids is 2. The number of hydrogen-bond acceptors (Lipinski definition) is 5. The van der Waals surface area contributed by atoms with Gasteiger partial charge in [-0.25, -0.2) is 0 Å². The molecule has 0 aliphatic rings. The molecular weight excluding hydrogens is 324 g/mol. The number of amides is 2. The Morgan fingerprint density at radius 1 is 1.30 bits per heavy atom. The molecule has 0 heterocycles. The van der Waals surface area contributed by atoms with Crippen LogP contribution in [-0.4, -0.2) is 51.9 Å². The zero-order valence-electron chi connectivity index (χ0n) is 13.1. The Hall–Kier alpha value is -1.83. The average Bonchev–Trinajstić information content (AvgIpc) is 2.51. The molecule has 0 radical (unpaired) electrons. The minimum absolute atomic E-state index is 0.170. The van der Waals surface area contributed by atoms with Crippen LogP contribution in [0.1, 0.15) is 5.56 Å². The third-order valence-electron chi connectivity index (χ3n) is 3.00. The Labute approximate surface area is 140 Å². The van der Waals surface area contributed by atoms with Crippen molar-refractivity contribution < 1.29 is 23.8 Å². The maximum atomic E-state index is 11.7. The number of halogens is 1. The van der Waals surface area contributed by atoms with Crippen LogP contribution < -0.4 is 15.8 Å². The van der Waals surface area contributed by atoms with Crippen LogP contribution in [0.2, 0.25) is 5.02 Å². The van der Waals surface area contributed by atoms with Crippen LogP contribution in [0.15, 0.2) is 18.2 Å². The normalized spacial score (nSPS) is 11.8. The molecule has 0 aliphatic heterocycles. The number of primary amides is 1. The van der Waals surface area contributed by atoms with Gasteiger partial charge in [0.05, 0.1) is 25.3 Å². The number of rotatable bonds is 10. The Kier molecular flexibility index (Phi) is 8.39. The molecule has 0 unspecified atom stereocenters. The van der Waals surface area contributed by atoms with E-state index in [9.17, 15) is 9.59 Å². The number of methoxy groups -OCH3 is 2. The van der Waals surface area contributed by atoms with Crippen LogP contribution in [0.4, 0.5) is 0 Å². The summed E-state index contributed by atoms with van der Waals surface area (Å²) in [6.07, 6.45) is 0.225. The Morgan fingerprint density at radius 3 is 2.61 bits per heavy atom. The van der Waals surface area contributed by atoms with Gasteiger partial charge in [0.2, 0.25) is 11.8 Å². The smallest absolute Gasteiger partial charge is 0.246 e. The zero-order chi connectivity index (χ0) is 17.2.